The Bertz CT molecular complexity index is 193. The highest BCUT2D eigenvalue weighted by molar-refractivity contribution is 4.96. The lowest BCUT2D eigenvalue weighted by molar-refractivity contribution is 0.108. The van der Waals surface area contributed by atoms with Gasteiger partial charge in [0.15, 0.2) is 0 Å². The molecule has 1 rings (SSSR count). The van der Waals surface area contributed by atoms with E-state index in [1.165, 1.54) is 0 Å². The third-order valence-electron chi connectivity index (χ3n) is 4.17. The Morgan fingerprint density at radius 1 is 1.23 bits per heavy atom. The zero-order valence-corrected chi connectivity index (χ0v) is 9.59. The summed E-state index contributed by atoms with van der Waals surface area (Å²) in [5.41, 5.74) is 0.428. The fraction of sp³-hybridized carbons (Fsp3) is 0.833. The van der Waals surface area contributed by atoms with Crippen molar-refractivity contribution in [2.45, 2.75) is 34.6 Å². The molecule has 0 saturated carbocycles. The molecule has 0 bridgehead atoms. The molecule has 0 aromatic heterocycles. The van der Waals surface area contributed by atoms with Crippen LogP contribution in [0.4, 0.5) is 0 Å². The highest BCUT2D eigenvalue weighted by atomic mass is 14.8. The van der Waals surface area contributed by atoms with Crippen LogP contribution < -0.4 is 5.32 Å². The van der Waals surface area contributed by atoms with Gasteiger partial charge in [0.25, 0.3) is 0 Å². The molecule has 0 aromatic rings. The fourth-order valence-electron chi connectivity index (χ4n) is 2.02. The Morgan fingerprint density at radius 3 is 2.46 bits per heavy atom. The van der Waals surface area contributed by atoms with Crippen LogP contribution in [0.5, 0.6) is 0 Å². The maximum absolute atomic E-state index is 3.36. The second-order valence-electron chi connectivity index (χ2n) is 5.14. The van der Waals surface area contributed by atoms with Gasteiger partial charge in [-0.2, -0.15) is 0 Å². The number of allylic oxidation sites excluding steroid dienone is 1. The molecule has 1 nitrogen and oxygen atoms in total. The van der Waals surface area contributed by atoms with Gasteiger partial charge >= 0.3 is 0 Å². The van der Waals surface area contributed by atoms with Crippen LogP contribution in [0.3, 0.4) is 0 Å². The highest BCUT2D eigenvalue weighted by Crippen LogP contribution is 2.39. The zero-order chi connectivity index (χ0) is 10.1. The maximum Gasteiger partial charge on any atom is 0.0172 e. The summed E-state index contributed by atoms with van der Waals surface area (Å²) in [7, 11) is 0. The van der Waals surface area contributed by atoms with Crippen molar-refractivity contribution < 1.29 is 0 Å². The van der Waals surface area contributed by atoms with E-state index < -0.39 is 0 Å². The smallest absolute Gasteiger partial charge is 0.0172 e. The molecule has 0 aromatic carbocycles. The van der Waals surface area contributed by atoms with E-state index in [0.29, 0.717) is 11.3 Å². The predicted octanol–water partition coefficient (Wildman–Crippen LogP) is 3.04. The van der Waals surface area contributed by atoms with Crippen molar-refractivity contribution in [2.75, 3.05) is 6.54 Å². The molecule has 1 N–H and O–H groups in total. The molecule has 0 spiro atoms. The van der Waals surface area contributed by atoms with Crippen molar-refractivity contribution >= 4 is 0 Å². The summed E-state index contributed by atoms with van der Waals surface area (Å²) in [5.74, 6) is 2.15. The predicted molar refractivity (Wildman–Crippen MR) is 58.4 cm³/mol. The molecule has 1 heterocycles. The van der Waals surface area contributed by atoms with Gasteiger partial charge in [-0.15, -0.1) is 0 Å². The Hall–Kier alpha value is -0.460. The topological polar surface area (TPSA) is 12.0 Å². The van der Waals surface area contributed by atoms with Gasteiger partial charge in [-0.05, 0) is 29.4 Å². The molecular weight excluding hydrogens is 158 g/mol. The Morgan fingerprint density at radius 2 is 1.85 bits per heavy atom. The molecule has 0 radical (unpaired) electrons. The lowest BCUT2D eigenvalue weighted by Crippen LogP contribution is -2.38. The van der Waals surface area contributed by atoms with Crippen molar-refractivity contribution in [3.8, 4) is 0 Å². The summed E-state index contributed by atoms with van der Waals surface area (Å²) in [5, 5.41) is 3.36. The van der Waals surface area contributed by atoms with Crippen molar-refractivity contribution in [1.29, 1.82) is 0 Å². The van der Waals surface area contributed by atoms with Crippen molar-refractivity contribution in [2.24, 2.45) is 23.2 Å². The first-order chi connectivity index (χ1) is 5.96. The number of rotatable bonds is 0. The van der Waals surface area contributed by atoms with Gasteiger partial charge in [-0.1, -0.05) is 40.7 Å². The van der Waals surface area contributed by atoms with E-state index in [-0.39, 0.29) is 0 Å². The molecule has 1 aliphatic heterocycles. The first-order valence-corrected chi connectivity index (χ1v) is 5.36. The van der Waals surface area contributed by atoms with Gasteiger partial charge in [0.05, 0.1) is 0 Å². The number of hydrogen-bond acceptors (Lipinski definition) is 1. The molecule has 0 aliphatic carbocycles. The average molecular weight is 181 g/mol. The van der Waals surface area contributed by atoms with Crippen LogP contribution in [0.1, 0.15) is 34.6 Å². The minimum atomic E-state index is 0.428. The van der Waals surface area contributed by atoms with Crippen molar-refractivity contribution in [3.63, 3.8) is 0 Å². The lowest BCUT2D eigenvalue weighted by atomic mass is 9.66. The second-order valence-corrected chi connectivity index (χ2v) is 5.14. The first-order valence-electron chi connectivity index (χ1n) is 5.36. The van der Waals surface area contributed by atoms with Gasteiger partial charge in [-0.3, -0.25) is 0 Å². The standard InChI is InChI=1S/C12H23N/c1-9-6-7-13-8-10(2)12(4,5)11(9)3/h6-7,9-11,13H,8H2,1-5H3. The molecule has 0 saturated heterocycles. The van der Waals surface area contributed by atoms with E-state index in [0.717, 1.165) is 18.4 Å². The van der Waals surface area contributed by atoms with Crippen LogP contribution in [0.25, 0.3) is 0 Å². The molecule has 3 atom stereocenters. The number of hydrogen-bond donors (Lipinski definition) is 1. The number of nitrogens with one attached hydrogen (secondary N) is 1. The average Bonchev–Trinajstić information content (AvgIpc) is 2.08. The van der Waals surface area contributed by atoms with Gasteiger partial charge in [0, 0.05) is 6.54 Å². The van der Waals surface area contributed by atoms with Crippen molar-refractivity contribution in [3.05, 3.63) is 12.3 Å². The molecule has 13 heavy (non-hydrogen) atoms. The lowest BCUT2D eigenvalue weighted by Gasteiger charge is -2.41. The van der Waals surface area contributed by atoms with Crippen LogP contribution >= 0.6 is 0 Å². The van der Waals surface area contributed by atoms with E-state index in [2.05, 4.69) is 52.2 Å². The summed E-state index contributed by atoms with van der Waals surface area (Å²) < 4.78 is 0. The van der Waals surface area contributed by atoms with E-state index in [4.69, 9.17) is 0 Å². The van der Waals surface area contributed by atoms with Gasteiger partial charge in [0.1, 0.15) is 0 Å². The summed E-state index contributed by atoms with van der Waals surface area (Å²) in [6, 6.07) is 0. The van der Waals surface area contributed by atoms with E-state index in [9.17, 15) is 0 Å². The van der Waals surface area contributed by atoms with E-state index >= 15 is 0 Å². The van der Waals surface area contributed by atoms with E-state index in [1.807, 2.05) is 0 Å². The third-order valence-corrected chi connectivity index (χ3v) is 4.17. The Balaban J connectivity index is 2.86. The molecule has 76 valence electrons. The zero-order valence-electron chi connectivity index (χ0n) is 9.59. The minimum Gasteiger partial charge on any atom is -0.391 e. The first kappa shape index (κ1) is 10.6. The quantitative estimate of drug-likeness (QED) is 0.605. The van der Waals surface area contributed by atoms with Gasteiger partial charge in [-0.25, -0.2) is 0 Å². The molecule has 3 unspecified atom stereocenters. The second kappa shape index (κ2) is 3.73. The van der Waals surface area contributed by atoms with Crippen LogP contribution in [0.15, 0.2) is 12.3 Å². The summed E-state index contributed by atoms with van der Waals surface area (Å²) in [6.45, 7) is 12.9. The molecular formula is C12H23N. The third kappa shape index (κ3) is 2.07. The molecule has 0 fully saturated rings. The molecule has 1 aliphatic rings. The Labute approximate surface area is 82.6 Å². The van der Waals surface area contributed by atoms with Crippen molar-refractivity contribution in [1.82, 2.24) is 5.32 Å². The summed E-state index contributed by atoms with van der Waals surface area (Å²) in [4.78, 5) is 0. The minimum absolute atomic E-state index is 0.428. The SMILES string of the molecule is CC1C=CNCC(C)C(C)(C)C1C. The Kier molecular flexibility index (Phi) is 3.05. The van der Waals surface area contributed by atoms with Crippen LogP contribution in [0, 0.1) is 23.2 Å². The largest absolute Gasteiger partial charge is 0.391 e. The van der Waals surface area contributed by atoms with E-state index in [1.54, 1.807) is 0 Å². The normalized spacial score (nSPS) is 39.0. The molecule has 0 amide bonds. The van der Waals surface area contributed by atoms with Crippen LogP contribution in [0.2, 0.25) is 0 Å². The highest BCUT2D eigenvalue weighted by Gasteiger charge is 2.34. The summed E-state index contributed by atoms with van der Waals surface area (Å²) in [6.07, 6.45) is 4.41. The van der Waals surface area contributed by atoms with Crippen LogP contribution in [-0.4, -0.2) is 6.54 Å². The van der Waals surface area contributed by atoms with Gasteiger partial charge in [0.2, 0.25) is 0 Å². The monoisotopic (exact) mass is 181 g/mol. The maximum atomic E-state index is 3.36. The molecule has 1 heteroatoms. The van der Waals surface area contributed by atoms with Crippen LogP contribution in [-0.2, 0) is 0 Å². The summed E-state index contributed by atoms with van der Waals surface area (Å²) >= 11 is 0. The fourth-order valence-corrected chi connectivity index (χ4v) is 2.02. The van der Waals surface area contributed by atoms with Gasteiger partial charge < -0.3 is 5.32 Å².